The van der Waals surface area contributed by atoms with Crippen molar-refractivity contribution in [2.75, 3.05) is 18.4 Å². The van der Waals surface area contributed by atoms with Crippen LogP contribution in [0.1, 0.15) is 23.2 Å². The van der Waals surface area contributed by atoms with E-state index in [9.17, 15) is 14.0 Å². The number of nitrogens with zero attached hydrogens (tertiary/aromatic N) is 3. The fourth-order valence-corrected chi connectivity index (χ4v) is 3.28. The number of fused-ring (bicyclic) bond motifs is 1. The zero-order valence-electron chi connectivity index (χ0n) is 14.5. The molecule has 7 nitrogen and oxygen atoms in total. The predicted molar refractivity (Wildman–Crippen MR) is 97.5 cm³/mol. The fourth-order valence-electron chi connectivity index (χ4n) is 3.28. The minimum Gasteiger partial charge on any atom is -0.339 e. The molecule has 0 radical (unpaired) electrons. The molecule has 2 aromatic carbocycles. The Kier molecular flexibility index (Phi) is 4.53. The highest BCUT2D eigenvalue weighted by Gasteiger charge is 2.28. The number of rotatable bonds is 3. The van der Waals surface area contributed by atoms with E-state index < -0.39 is 0 Å². The molecule has 2 amide bonds. The average molecular weight is 367 g/mol. The molecular weight excluding hydrogens is 349 g/mol. The van der Waals surface area contributed by atoms with Crippen LogP contribution in [0, 0.1) is 11.7 Å². The number of halogens is 1. The third kappa shape index (κ3) is 3.64. The average Bonchev–Trinajstić information content (AvgIpc) is 3.17. The van der Waals surface area contributed by atoms with Gasteiger partial charge in [0.05, 0.1) is 0 Å². The van der Waals surface area contributed by atoms with Gasteiger partial charge in [0.25, 0.3) is 5.91 Å². The summed E-state index contributed by atoms with van der Waals surface area (Å²) in [6.07, 6.45) is 1.18. The first-order valence-electron chi connectivity index (χ1n) is 8.76. The summed E-state index contributed by atoms with van der Waals surface area (Å²) in [6, 6.07) is 10.9. The molecule has 0 unspecified atom stereocenters. The minimum atomic E-state index is -0.344. The minimum absolute atomic E-state index is 0.0720. The number of hydrogen-bond acceptors (Lipinski definition) is 4. The largest absolute Gasteiger partial charge is 0.339 e. The van der Waals surface area contributed by atoms with Crippen LogP contribution in [0.3, 0.4) is 0 Å². The van der Waals surface area contributed by atoms with Gasteiger partial charge in [-0.05, 0) is 55.3 Å². The van der Waals surface area contributed by atoms with E-state index in [2.05, 4.69) is 20.7 Å². The van der Waals surface area contributed by atoms with Gasteiger partial charge in [-0.3, -0.25) is 9.59 Å². The number of likely N-dealkylation sites (tertiary alicyclic amines) is 1. The first-order valence-corrected chi connectivity index (χ1v) is 8.76. The number of aromatic amines is 1. The first kappa shape index (κ1) is 17.1. The summed E-state index contributed by atoms with van der Waals surface area (Å²) in [5, 5.41) is 13.3. The van der Waals surface area contributed by atoms with E-state index in [-0.39, 0.29) is 23.5 Å². The number of amides is 2. The third-order valence-electron chi connectivity index (χ3n) is 4.83. The molecule has 1 aromatic heterocycles. The highest BCUT2D eigenvalue weighted by molar-refractivity contribution is 5.97. The van der Waals surface area contributed by atoms with Gasteiger partial charge in [0.2, 0.25) is 5.91 Å². The molecule has 1 aliphatic heterocycles. The number of aromatic nitrogens is 3. The van der Waals surface area contributed by atoms with Gasteiger partial charge >= 0.3 is 0 Å². The van der Waals surface area contributed by atoms with Crippen LogP contribution in [0.25, 0.3) is 11.0 Å². The maximum atomic E-state index is 12.9. The number of carbonyl (C=O) groups excluding carboxylic acids is 2. The van der Waals surface area contributed by atoms with Gasteiger partial charge in [-0.15, -0.1) is 0 Å². The summed E-state index contributed by atoms with van der Waals surface area (Å²) >= 11 is 0. The Morgan fingerprint density at radius 3 is 2.48 bits per heavy atom. The molecule has 0 saturated carbocycles. The number of benzene rings is 2. The van der Waals surface area contributed by atoms with Crippen LogP contribution >= 0.6 is 0 Å². The van der Waals surface area contributed by atoms with E-state index in [1.165, 1.54) is 24.3 Å². The maximum Gasteiger partial charge on any atom is 0.253 e. The Morgan fingerprint density at radius 2 is 1.74 bits per heavy atom. The van der Waals surface area contributed by atoms with Crippen LogP contribution in [0.15, 0.2) is 42.5 Å². The lowest BCUT2D eigenvalue weighted by Crippen LogP contribution is -2.41. The highest BCUT2D eigenvalue weighted by Crippen LogP contribution is 2.22. The van der Waals surface area contributed by atoms with Crippen molar-refractivity contribution in [1.82, 2.24) is 20.3 Å². The Morgan fingerprint density at radius 1 is 1.04 bits per heavy atom. The molecule has 0 atom stereocenters. The van der Waals surface area contributed by atoms with Crippen molar-refractivity contribution in [1.29, 1.82) is 0 Å². The Labute approximate surface area is 154 Å². The second-order valence-corrected chi connectivity index (χ2v) is 6.59. The SMILES string of the molecule is O=C(Nc1ccc(F)cc1)C1CCN(C(=O)c2ccc3n[nH]nc3c2)CC1. The molecule has 4 rings (SSSR count). The maximum absolute atomic E-state index is 12.9. The number of piperidine rings is 1. The van der Waals surface area contributed by atoms with Gasteiger partial charge in [-0.1, -0.05) is 0 Å². The number of nitrogens with one attached hydrogen (secondary N) is 2. The zero-order chi connectivity index (χ0) is 18.8. The summed E-state index contributed by atoms with van der Waals surface area (Å²) in [7, 11) is 0. The van der Waals surface area contributed by atoms with E-state index in [0.29, 0.717) is 48.2 Å². The molecular formula is C19H18FN5O2. The second-order valence-electron chi connectivity index (χ2n) is 6.59. The van der Waals surface area contributed by atoms with Gasteiger partial charge < -0.3 is 10.2 Å². The van der Waals surface area contributed by atoms with Crippen molar-refractivity contribution in [2.45, 2.75) is 12.8 Å². The number of carbonyl (C=O) groups is 2. The highest BCUT2D eigenvalue weighted by atomic mass is 19.1. The van der Waals surface area contributed by atoms with Crippen molar-refractivity contribution >= 4 is 28.5 Å². The standard InChI is InChI=1S/C19H18FN5O2/c20-14-2-4-15(5-3-14)21-18(26)12-7-9-25(10-8-12)19(27)13-1-6-16-17(11-13)23-24-22-16/h1-6,11-12H,7-10H2,(H,21,26)(H,22,23,24). The van der Waals surface area contributed by atoms with Crippen molar-refractivity contribution in [3.8, 4) is 0 Å². The van der Waals surface area contributed by atoms with Crippen molar-refractivity contribution in [3.05, 3.63) is 53.8 Å². The number of anilines is 1. The van der Waals surface area contributed by atoms with E-state index >= 15 is 0 Å². The van der Waals surface area contributed by atoms with E-state index in [1.807, 2.05) is 0 Å². The Hall–Kier alpha value is -3.29. The molecule has 1 aliphatic rings. The molecule has 0 spiro atoms. The van der Waals surface area contributed by atoms with Gasteiger partial charge in [-0.2, -0.15) is 15.4 Å². The van der Waals surface area contributed by atoms with Crippen LogP contribution in [0.2, 0.25) is 0 Å². The molecule has 2 N–H and O–H groups in total. The lowest BCUT2D eigenvalue weighted by Gasteiger charge is -2.31. The molecule has 1 fully saturated rings. The molecule has 0 aliphatic carbocycles. The van der Waals surface area contributed by atoms with Crippen molar-refractivity contribution < 1.29 is 14.0 Å². The lowest BCUT2D eigenvalue weighted by molar-refractivity contribution is -0.121. The summed E-state index contributed by atoms with van der Waals surface area (Å²) < 4.78 is 12.9. The first-order chi connectivity index (χ1) is 13.1. The Balaban J connectivity index is 1.35. The van der Waals surface area contributed by atoms with Crippen LogP contribution in [-0.4, -0.2) is 45.2 Å². The summed E-state index contributed by atoms with van der Waals surface area (Å²) in [4.78, 5) is 26.8. The predicted octanol–water partition coefficient (Wildman–Crippen LogP) is 2.59. The van der Waals surface area contributed by atoms with Gasteiger partial charge in [0, 0.05) is 30.3 Å². The molecule has 138 valence electrons. The van der Waals surface area contributed by atoms with Gasteiger partial charge in [0.1, 0.15) is 16.9 Å². The van der Waals surface area contributed by atoms with Gasteiger partial charge in [-0.25, -0.2) is 4.39 Å². The quantitative estimate of drug-likeness (QED) is 0.744. The monoisotopic (exact) mass is 367 g/mol. The summed E-state index contributed by atoms with van der Waals surface area (Å²) in [5.74, 6) is -0.684. The topological polar surface area (TPSA) is 91.0 Å². The third-order valence-corrected chi connectivity index (χ3v) is 4.83. The normalized spacial score (nSPS) is 15.1. The summed E-state index contributed by atoms with van der Waals surface area (Å²) in [6.45, 7) is 1.02. The number of hydrogen-bond donors (Lipinski definition) is 2. The number of H-pyrrole nitrogens is 1. The molecule has 2 heterocycles. The molecule has 1 saturated heterocycles. The van der Waals surface area contributed by atoms with Crippen LogP contribution < -0.4 is 5.32 Å². The zero-order valence-corrected chi connectivity index (χ0v) is 14.5. The van der Waals surface area contributed by atoms with E-state index in [4.69, 9.17) is 0 Å². The van der Waals surface area contributed by atoms with Crippen molar-refractivity contribution in [2.24, 2.45) is 5.92 Å². The molecule has 3 aromatic rings. The lowest BCUT2D eigenvalue weighted by atomic mass is 9.95. The molecule has 27 heavy (non-hydrogen) atoms. The fraction of sp³-hybridized carbons (Fsp3) is 0.263. The van der Waals surface area contributed by atoms with Crippen molar-refractivity contribution in [3.63, 3.8) is 0 Å². The van der Waals surface area contributed by atoms with Crippen LogP contribution in [-0.2, 0) is 4.79 Å². The Bertz CT molecular complexity index is 977. The second kappa shape index (κ2) is 7.14. The van der Waals surface area contributed by atoms with Gasteiger partial charge in [0.15, 0.2) is 0 Å². The molecule has 8 heteroatoms. The summed E-state index contributed by atoms with van der Waals surface area (Å²) in [5.41, 5.74) is 2.49. The van der Waals surface area contributed by atoms with E-state index in [0.717, 1.165) is 0 Å². The van der Waals surface area contributed by atoms with E-state index in [1.54, 1.807) is 23.1 Å². The van der Waals surface area contributed by atoms with Crippen LogP contribution in [0.4, 0.5) is 10.1 Å². The smallest absolute Gasteiger partial charge is 0.253 e. The molecule has 0 bridgehead atoms. The van der Waals surface area contributed by atoms with Crippen LogP contribution in [0.5, 0.6) is 0 Å².